The molecule has 5 rings (SSSR count). The Morgan fingerprint density at radius 3 is 2.77 bits per heavy atom. The Bertz CT molecular complexity index is 1340. The second kappa shape index (κ2) is 7.30. The number of benzene rings is 1. The zero-order chi connectivity index (χ0) is 21.8. The highest BCUT2D eigenvalue weighted by atomic mass is 32.1. The minimum Gasteiger partial charge on any atom is -0.324 e. The normalized spacial score (nSPS) is 16.5. The van der Waals surface area contributed by atoms with Crippen molar-refractivity contribution in [3.05, 3.63) is 57.6 Å². The van der Waals surface area contributed by atoms with Gasteiger partial charge >= 0.3 is 5.69 Å². The molecule has 1 aliphatic rings. The van der Waals surface area contributed by atoms with Gasteiger partial charge < -0.3 is 5.32 Å². The summed E-state index contributed by atoms with van der Waals surface area (Å²) in [4.78, 5) is 36.4. The van der Waals surface area contributed by atoms with Crippen molar-refractivity contribution in [2.45, 2.75) is 46.6 Å². The van der Waals surface area contributed by atoms with Gasteiger partial charge in [-0.05, 0) is 48.3 Å². The van der Waals surface area contributed by atoms with Gasteiger partial charge in [0.25, 0.3) is 0 Å². The monoisotopic (exact) mass is 435 g/mol. The fourth-order valence-corrected chi connectivity index (χ4v) is 5.70. The molecule has 1 aliphatic carbocycles. The average Bonchev–Trinajstić information content (AvgIpc) is 3.25. The summed E-state index contributed by atoms with van der Waals surface area (Å²) in [7, 11) is 0. The van der Waals surface area contributed by atoms with Gasteiger partial charge in [-0.1, -0.05) is 39.0 Å². The number of aromatic nitrogens is 4. The van der Waals surface area contributed by atoms with Crippen LogP contribution in [0.15, 0.2) is 41.5 Å². The quantitative estimate of drug-likeness (QED) is 0.529. The van der Waals surface area contributed by atoms with Gasteiger partial charge in [0.2, 0.25) is 5.91 Å². The highest BCUT2D eigenvalue weighted by Crippen LogP contribution is 2.43. The van der Waals surface area contributed by atoms with Crippen LogP contribution in [0, 0.1) is 11.3 Å². The van der Waals surface area contributed by atoms with Crippen LogP contribution < -0.4 is 11.0 Å². The van der Waals surface area contributed by atoms with Crippen LogP contribution in [-0.4, -0.2) is 25.1 Å². The number of hydrogen-bond acceptors (Lipinski definition) is 5. The number of amides is 1. The Hall–Kier alpha value is -3.00. The summed E-state index contributed by atoms with van der Waals surface area (Å²) in [5.41, 5.74) is 2.37. The van der Waals surface area contributed by atoms with Gasteiger partial charge in [0.05, 0.1) is 5.39 Å². The van der Waals surface area contributed by atoms with Gasteiger partial charge in [0, 0.05) is 10.6 Å². The second-order valence-corrected chi connectivity index (χ2v) is 10.4. The molecule has 31 heavy (non-hydrogen) atoms. The van der Waals surface area contributed by atoms with Gasteiger partial charge in [-0.15, -0.1) is 11.3 Å². The summed E-state index contributed by atoms with van der Waals surface area (Å²) < 4.78 is 2.96. The van der Waals surface area contributed by atoms with E-state index in [1.807, 2.05) is 30.3 Å². The summed E-state index contributed by atoms with van der Waals surface area (Å²) >= 11 is 1.71. The van der Waals surface area contributed by atoms with Crippen molar-refractivity contribution in [2.75, 3.05) is 5.32 Å². The van der Waals surface area contributed by atoms with Gasteiger partial charge in [-0.3, -0.25) is 4.79 Å². The molecule has 1 aromatic carbocycles. The Morgan fingerprint density at radius 1 is 1.26 bits per heavy atom. The molecule has 0 fully saturated rings. The Balaban J connectivity index is 1.52. The number of para-hydroxylation sites is 1. The summed E-state index contributed by atoms with van der Waals surface area (Å²) in [6.07, 6.45) is 4.73. The average molecular weight is 436 g/mol. The lowest BCUT2D eigenvalue weighted by atomic mass is 9.72. The van der Waals surface area contributed by atoms with Gasteiger partial charge in [-0.25, -0.2) is 19.0 Å². The van der Waals surface area contributed by atoms with Crippen molar-refractivity contribution >= 4 is 38.8 Å². The van der Waals surface area contributed by atoms with Crippen LogP contribution in [0.25, 0.3) is 15.9 Å². The fourth-order valence-electron chi connectivity index (χ4n) is 4.43. The number of anilines is 1. The molecule has 0 aliphatic heterocycles. The van der Waals surface area contributed by atoms with E-state index in [9.17, 15) is 9.59 Å². The number of hydrogen-bond donors (Lipinski definition) is 1. The molecule has 3 aromatic heterocycles. The van der Waals surface area contributed by atoms with Crippen molar-refractivity contribution in [3.63, 3.8) is 0 Å². The number of nitrogens with one attached hydrogen (secondary N) is 1. The standard InChI is InChI=1S/C23H25N5O2S/c1-23(2,3)14-9-10-16-17(11-14)31-21-19(16)20-26-22(30)27(28(20)13-24-21)12-18(29)25-15-7-5-4-6-8-15/h4-8,13-14H,9-12H2,1-3H3,(H,25,29). The van der Waals surface area contributed by atoms with Crippen LogP contribution in [0.4, 0.5) is 5.69 Å². The largest absolute Gasteiger partial charge is 0.365 e. The van der Waals surface area contributed by atoms with E-state index >= 15 is 0 Å². The summed E-state index contributed by atoms with van der Waals surface area (Å²) in [5, 5.41) is 3.78. The smallest absolute Gasteiger partial charge is 0.324 e. The van der Waals surface area contributed by atoms with Gasteiger partial charge in [0.15, 0.2) is 5.65 Å². The maximum absolute atomic E-state index is 12.7. The number of fused-ring (bicyclic) bond motifs is 5. The molecule has 0 bridgehead atoms. The first-order chi connectivity index (χ1) is 14.8. The van der Waals surface area contributed by atoms with Crippen LogP contribution in [0.3, 0.4) is 0 Å². The summed E-state index contributed by atoms with van der Waals surface area (Å²) in [6, 6.07) is 9.19. The lowest BCUT2D eigenvalue weighted by Gasteiger charge is -2.33. The van der Waals surface area contributed by atoms with E-state index in [-0.39, 0.29) is 17.9 Å². The maximum Gasteiger partial charge on any atom is 0.365 e. The van der Waals surface area contributed by atoms with E-state index in [0.29, 0.717) is 17.3 Å². The minimum atomic E-state index is -0.444. The molecule has 0 radical (unpaired) electrons. The number of carbonyl (C=O) groups excluding carboxylic acids is 1. The lowest BCUT2D eigenvalue weighted by Crippen LogP contribution is -2.28. The molecule has 1 amide bonds. The summed E-state index contributed by atoms with van der Waals surface area (Å²) in [6.45, 7) is 6.77. The SMILES string of the molecule is CC(C)(C)C1CCc2c(sc3ncn4c(nc(=O)n4CC(=O)Nc4ccccc4)c23)C1. The van der Waals surface area contributed by atoms with E-state index in [2.05, 4.69) is 36.1 Å². The number of carbonyl (C=O) groups is 1. The first kappa shape index (κ1) is 19.9. The third-order valence-electron chi connectivity index (χ3n) is 6.23. The van der Waals surface area contributed by atoms with Crippen molar-refractivity contribution in [1.82, 2.24) is 19.2 Å². The molecule has 1 unspecified atom stereocenters. The Labute approximate surface area is 183 Å². The third kappa shape index (κ3) is 3.54. The number of nitrogens with zero attached hydrogens (tertiary/aromatic N) is 4. The molecule has 0 spiro atoms. The predicted octanol–water partition coefficient (Wildman–Crippen LogP) is 3.90. The van der Waals surface area contributed by atoms with Crippen molar-refractivity contribution in [2.24, 2.45) is 11.3 Å². The first-order valence-electron chi connectivity index (χ1n) is 10.5. The molecule has 4 aromatic rings. The second-order valence-electron chi connectivity index (χ2n) is 9.27. The zero-order valence-corrected chi connectivity index (χ0v) is 18.7. The van der Waals surface area contributed by atoms with Crippen LogP contribution in [-0.2, 0) is 24.2 Å². The fraction of sp³-hybridized carbons (Fsp3) is 0.391. The van der Waals surface area contributed by atoms with Crippen molar-refractivity contribution in [1.29, 1.82) is 0 Å². The van der Waals surface area contributed by atoms with E-state index in [4.69, 9.17) is 0 Å². The molecule has 3 heterocycles. The highest BCUT2D eigenvalue weighted by molar-refractivity contribution is 7.19. The van der Waals surface area contributed by atoms with Crippen LogP contribution in [0.2, 0.25) is 0 Å². The minimum absolute atomic E-state index is 0.124. The topological polar surface area (TPSA) is 81.3 Å². The predicted molar refractivity (Wildman–Crippen MR) is 123 cm³/mol. The molecule has 0 saturated carbocycles. The molecule has 8 heteroatoms. The molecule has 160 valence electrons. The maximum atomic E-state index is 12.7. The van der Waals surface area contributed by atoms with E-state index in [1.165, 1.54) is 15.1 Å². The van der Waals surface area contributed by atoms with Crippen molar-refractivity contribution in [3.8, 4) is 0 Å². The van der Waals surface area contributed by atoms with Crippen LogP contribution >= 0.6 is 11.3 Å². The lowest BCUT2D eigenvalue weighted by molar-refractivity contribution is -0.117. The van der Waals surface area contributed by atoms with Crippen LogP contribution in [0.5, 0.6) is 0 Å². The van der Waals surface area contributed by atoms with E-state index in [0.717, 1.165) is 29.5 Å². The first-order valence-corrected chi connectivity index (χ1v) is 11.4. The Morgan fingerprint density at radius 2 is 2.03 bits per heavy atom. The van der Waals surface area contributed by atoms with Crippen LogP contribution in [0.1, 0.15) is 37.6 Å². The summed E-state index contributed by atoms with van der Waals surface area (Å²) in [5.74, 6) is 0.348. The zero-order valence-electron chi connectivity index (χ0n) is 17.9. The highest BCUT2D eigenvalue weighted by Gasteiger charge is 2.32. The van der Waals surface area contributed by atoms with Crippen molar-refractivity contribution < 1.29 is 4.79 Å². The van der Waals surface area contributed by atoms with E-state index in [1.54, 1.807) is 22.2 Å². The molecular weight excluding hydrogens is 410 g/mol. The molecule has 7 nitrogen and oxygen atoms in total. The van der Waals surface area contributed by atoms with Gasteiger partial charge in [-0.2, -0.15) is 4.98 Å². The molecule has 0 saturated heterocycles. The number of aryl methyl sites for hydroxylation is 1. The number of rotatable bonds is 3. The third-order valence-corrected chi connectivity index (χ3v) is 7.39. The number of thiophene rings is 1. The molecular formula is C23H25N5O2S. The Kier molecular flexibility index (Phi) is 4.69. The molecule has 1 N–H and O–H groups in total. The molecule has 1 atom stereocenters. The van der Waals surface area contributed by atoms with Gasteiger partial charge in [0.1, 0.15) is 17.7 Å². The van der Waals surface area contributed by atoms with E-state index < -0.39 is 5.69 Å².